The number of halogens is 3. The van der Waals surface area contributed by atoms with Gasteiger partial charge in [0.15, 0.2) is 0 Å². The number of nitrogens with two attached hydrogens (primary N) is 1. The highest BCUT2D eigenvalue weighted by atomic mass is 19.4. The molecule has 0 aliphatic rings. The second-order valence-corrected chi connectivity index (χ2v) is 3.97. The predicted molar refractivity (Wildman–Crippen MR) is 60.1 cm³/mol. The third-order valence-corrected chi connectivity index (χ3v) is 2.57. The maximum atomic E-state index is 12.5. The molecule has 0 aliphatic carbocycles. The lowest BCUT2D eigenvalue weighted by Crippen LogP contribution is -2.30. The number of aliphatic carboxylic acids is 1. The number of alkyl halides is 3. The molecule has 7 heteroatoms. The van der Waals surface area contributed by atoms with Gasteiger partial charge in [0, 0.05) is 0 Å². The smallest absolute Gasteiger partial charge is 0.417 e. The van der Waals surface area contributed by atoms with Gasteiger partial charge in [0.25, 0.3) is 0 Å². The number of rotatable bonds is 4. The Balaban J connectivity index is 2.90. The third-order valence-electron chi connectivity index (χ3n) is 2.57. The molecule has 3 N–H and O–H groups in total. The second-order valence-electron chi connectivity index (χ2n) is 3.97. The summed E-state index contributed by atoms with van der Waals surface area (Å²) in [6, 6.07) is 3.56. The van der Waals surface area contributed by atoms with Crippen molar-refractivity contribution in [3.8, 4) is 6.07 Å². The van der Waals surface area contributed by atoms with Crippen LogP contribution in [-0.4, -0.2) is 17.1 Å². The Kier molecular flexibility index (Phi) is 4.51. The first-order valence-corrected chi connectivity index (χ1v) is 5.34. The van der Waals surface area contributed by atoms with Crippen molar-refractivity contribution in [3.63, 3.8) is 0 Å². The van der Waals surface area contributed by atoms with Gasteiger partial charge in [-0.05, 0) is 30.5 Å². The molecule has 4 nitrogen and oxygen atoms in total. The van der Waals surface area contributed by atoms with E-state index in [9.17, 15) is 18.0 Å². The van der Waals surface area contributed by atoms with Gasteiger partial charge in [-0.15, -0.1) is 0 Å². The lowest BCUT2D eigenvalue weighted by Gasteiger charge is -2.11. The number of nitriles is 1. The zero-order chi connectivity index (χ0) is 14.6. The molecule has 102 valence electrons. The molecule has 0 aromatic heterocycles. The zero-order valence-corrected chi connectivity index (χ0v) is 9.74. The number of carboxylic acids is 1. The van der Waals surface area contributed by atoms with Crippen molar-refractivity contribution in [2.24, 2.45) is 5.73 Å². The summed E-state index contributed by atoms with van der Waals surface area (Å²) in [6.07, 6.45) is -4.30. The molecule has 0 bridgehead atoms. The average Bonchev–Trinajstić information content (AvgIpc) is 2.34. The minimum atomic E-state index is -4.58. The maximum absolute atomic E-state index is 12.5. The zero-order valence-electron chi connectivity index (χ0n) is 9.74. The highest BCUT2D eigenvalue weighted by Gasteiger charge is 2.33. The standard InChI is InChI=1S/C12H11F3N2O2/c13-12(14,15)9-3-1-7(5-8(9)6-16)2-4-10(17)11(18)19/h1,3,5,10H,2,4,17H2,(H,18,19). The molecule has 0 saturated carbocycles. The van der Waals surface area contributed by atoms with E-state index in [4.69, 9.17) is 16.1 Å². The maximum Gasteiger partial charge on any atom is 0.417 e. The van der Waals surface area contributed by atoms with Crippen LogP contribution in [0.2, 0.25) is 0 Å². The van der Waals surface area contributed by atoms with Crippen LogP contribution in [0.3, 0.4) is 0 Å². The van der Waals surface area contributed by atoms with E-state index >= 15 is 0 Å². The molecule has 0 fully saturated rings. The monoisotopic (exact) mass is 272 g/mol. The number of carbonyl (C=O) groups is 1. The summed E-state index contributed by atoms with van der Waals surface area (Å²) in [5.41, 5.74) is 4.26. The predicted octanol–water partition coefficient (Wildman–Crippen LogP) is 1.92. The Labute approximate surface area is 107 Å². The average molecular weight is 272 g/mol. The number of hydrogen-bond acceptors (Lipinski definition) is 3. The topological polar surface area (TPSA) is 87.1 Å². The van der Waals surface area contributed by atoms with E-state index in [0.717, 1.165) is 12.1 Å². The summed E-state index contributed by atoms with van der Waals surface area (Å²) in [6.45, 7) is 0. The van der Waals surface area contributed by atoms with E-state index in [1.165, 1.54) is 12.1 Å². The minimum Gasteiger partial charge on any atom is -0.480 e. The summed E-state index contributed by atoms with van der Waals surface area (Å²) in [5, 5.41) is 17.3. The van der Waals surface area contributed by atoms with Gasteiger partial charge in [0.05, 0.1) is 17.2 Å². The van der Waals surface area contributed by atoms with Gasteiger partial charge in [-0.2, -0.15) is 18.4 Å². The molecule has 0 amide bonds. The third kappa shape index (κ3) is 3.96. The first-order valence-electron chi connectivity index (χ1n) is 5.34. The van der Waals surface area contributed by atoms with Crippen LogP contribution in [0.5, 0.6) is 0 Å². The van der Waals surface area contributed by atoms with Gasteiger partial charge < -0.3 is 10.8 Å². The first-order chi connectivity index (χ1) is 8.75. The number of benzene rings is 1. The van der Waals surface area contributed by atoms with Gasteiger partial charge >= 0.3 is 12.1 Å². The lowest BCUT2D eigenvalue weighted by molar-refractivity contribution is -0.139. The Morgan fingerprint density at radius 1 is 1.47 bits per heavy atom. The molecule has 0 radical (unpaired) electrons. The Hall–Kier alpha value is -2.07. The van der Waals surface area contributed by atoms with Gasteiger partial charge in [-0.1, -0.05) is 6.07 Å². The number of aryl methyl sites for hydroxylation is 1. The molecule has 0 saturated heterocycles. The van der Waals surface area contributed by atoms with Crippen molar-refractivity contribution in [1.29, 1.82) is 5.26 Å². The van der Waals surface area contributed by atoms with E-state index < -0.39 is 29.3 Å². The van der Waals surface area contributed by atoms with Crippen LogP contribution in [0, 0.1) is 11.3 Å². The Morgan fingerprint density at radius 3 is 2.58 bits per heavy atom. The summed E-state index contributed by atoms with van der Waals surface area (Å²) >= 11 is 0. The fraction of sp³-hybridized carbons (Fsp3) is 0.333. The van der Waals surface area contributed by atoms with E-state index in [1.54, 1.807) is 0 Å². The van der Waals surface area contributed by atoms with Gasteiger partial charge in [-0.3, -0.25) is 4.79 Å². The van der Waals surface area contributed by atoms with Gasteiger partial charge in [0.2, 0.25) is 0 Å². The van der Waals surface area contributed by atoms with E-state index in [2.05, 4.69) is 0 Å². The highest BCUT2D eigenvalue weighted by Crippen LogP contribution is 2.32. The molecule has 1 unspecified atom stereocenters. The van der Waals surface area contributed by atoms with E-state index in [1.807, 2.05) is 0 Å². The van der Waals surface area contributed by atoms with Crippen LogP contribution in [0.15, 0.2) is 18.2 Å². The quantitative estimate of drug-likeness (QED) is 0.876. The minimum absolute atomic E-state index is 0.0889. The van der Waals surface area contributed by atoms with E-state index in [0.29, 0.717) is 5.56 Å². The Morgan fingerprint density at radius 2 is 2.11 bits per heavy atom. The molecule has 1 aromatic carbocycles. The normalized spacial score (nSPS) is 12.8. The second kappa shape index (κ2) is 5.71. The van der Waals surface area contributed by atoms with Crippen LogP contribution in [0.25, 0.3) is 0 Å². The highest BCUT2D eigenvalue weighted by molar-refractivity contribution is 5.73. The summed E-state index contributed by atoms with van der Waals surface area (Å²) < 4.78 is 37.6. The van der Waals surface area contributed by atoms with Crippen LogP contribution in [-0.2, 0) is 17.4 Å². The Bertz CT molecular complexity index is 521. The van der Waals surface area contributed by atoms with Gasteiger partial charge in [0.1, 0.15) is 6.04 Å². The van der Waals surface area contributed by atoms with Crippen molar-refractivity contribution in [1.82, 2.24) is 0 Å². The van der Waals surface area contributed by atoms with Crippen LogP contribution < -0.4 is 5.73 Å². The van der Waals surface area contributed by atoms with Crippen molar-refractivity contribution >= 4 is 5.97 Å². The molecule has 0 spiro atoms. The van der Waals surface area contributed by atoms with Crippen LogP contribution in [0.4, 0.5) is 13.2 Å². The molecule has 1 atom stereocenters. The molecular formula is C12H11F3N2O2. The lowest BCUT2D eigenvalue weighted by atomic mass is 10.00. The van der Waals surface area contributed by atoms with Crippen LogP contribution in [0.1, 0.15) is 23.1 Å². The SMILES string of the molecule is N#Cc1cc(CCC(N)C(=O)O)ccc1C(F)(F)F. The summed E-state index contributed by atoms with van der Waals surface area (Å²) in [5.74, 6) is -1.17. The van der Waals surface area contributed by atoms with Crippen molar-refractivity contribution < 1.29 is 23.1 Å². The first kappa shape index (κ1) is 15.0. The summed E-state index contributed by atoms with van der Waals surface area (Å²) in [7, 11) is 0. The number of hydrogen-bond donors (Lipinski definition) is 2. The van der Waals surface area contributed by atoms with Crippen molar-refractivity contribution in [2.75, 3.05) is 0 Å². The number of carboxylic acid groups (broad SMARTS) is 1. The van der Waals surface area contributed by atoms with Crippen LogP contribution >= 0.6 is 0 Å². The molecule has 19 heavy (non-hydrogen) atoms. The largest absolute Gasteiger partial charge is 0.480 e. The van der Waals surface area contributed by atoms with Gasteiger partial charge in [-0.25, -0.2) is 0 Å². The summed E-state index contributed by atoms with van der Waals surface area (Å²) in [4.78, 5) is 10.5. The molecule has 0 aliphatic heterocycles. The van der Waals surface area contributed by atoms with Crippen molar-refractivity contribution in [2.45, 2.75) is 25.1 Å². The molecule has 1 aromatic rings. The number of nitrogens with zero attached hydrogens (tertiary/aromatic N) is 1. The van der Waals surface area contributed by atoms with E-state index in [-0.39, 0.29) is 12.8 Å². The molecule has 0 heterocycles. The fourth-order valence-electron chi connectivity index (χ4n) is 1.53. The van der Waals surface area contributed by atoms with Crippen molar-refractivity contribution in [3.05, 3.63) is 34.9 Å². The molecular weight excluding hydrogens is 261 g/mol. The molecule has 1 rings (SSSR count). The fourth-order valence-corrected chi connectivity index (χ4v) is 1.53.